The van der Waals surface area contributed by atoms with Crippen molar-refractivity contribution in [3.05, 3.63) is 64.7 Å². The third-order valence-corrected chi connectivity index (χ3v) is 6.69. The summed E-state index contributed by atoms with van der Waals surface area (Å²) >= 11 is 1.83. The molecule has 2 atom stereocenters. The van der Waals surface area contributed by atoms with Crippen LogP contribution in [0.5, 0.6) is 0 Å². The Morgan fingerprint density at radius 2 is 1.73 bits per heavy atom. The number of thiazole rings is 1. The van der Waals surface area contributed by atoms with E-state index in [0.717, 1.165) is 38.4 Å². The number of benzene rings is 2. The van der Waals surface area contributed by atoms with Gasteiger partial charge in [0.2, 0.25) is 0 Å². The number of likely N-dealkylation sites (N-methyl/N-ethyl adjacent to an activating group) is 1. The lowest BCUT2D eigenvalue weighted by molar-refractivity contribution is -0.0324. The van der Waals surface area contributed by atoms with Gasteiger partial charge < -0.3 is 4.74 Å². The van der Waals surface area contributed by atoms with Gasteiger partial charge in [-0.25, -0.2) is 4.98 Å². The van der Waals surface area contributed by atoms with Gasteiger partial charge in [-0.3, -0.25) is 9.80 Å². The SMILES string of the molecule is CN1CC(c2nc3ccccc3s2)c2ccccc2C1N1CCOCC1. The Bertz CT molecular complexity index is 885. The van der Waals surface area contributed by atoms with Crippen molar-refractivity contribution in [1.82, 2.24) is 14.8 Å². The van der Waals surface area contributed by atoms with Crippen molar-refractivity contribution in [3.8, 4) is 0 Å². The summed E-state index contributed by atoms with van der Waals surface area (Å²) in [6.07, 6.45) is 0.334. The molecule has 5 rings (SSSR count). The molecule has 134 valence electrons. The van der Waals surface area contributed by atoms with Gasteiger partial charge in [0.15, 0.2) is 0 Å². The third kappa shape index (κ3) is 2.76. The number of ether oxygens (including phenoxy) is 1. The minimum atomic E-state index is 0.334. The quantitative estimate of drug-likeness (QED) is 0.692. The molecule has 4 nitrogen and oxygen atoms in total. The van der Waals surface area contributed by atoms with Crippen molar-refractivity contribution in [2.75, 3.05) is 39.9 Å². The van der Waals surface area contributed by atoms with E-state index < -0.39 is 0 Å². The molecular weight excluding hydrogens is 342 g/mol. The van der Waals surface area contributed by atoms with Gasteiger partial charge in [-0.15, -0.1) is 11.3 Å². The predicted molar refractivity (Wildman–Crippen MR) is 106 cm³/mol. The summed E-state index contributed by atoms with van der Waals surface area (Å²) < 4.78 is 6.85. The van der Waals surface area contributed by atoms with Crippen molar-refractivity contribution in [2.24, 2.45) is 0 Å². The molecule has 3 aromatic rings. The Balaban J connectivity index is 1.57. The van der Waals surface area contributed by atoms with Gasteiger partial charge in [-0.2, -0.15) is 0 Å². The molecule has 1 fully saturated rings. The minimum Gasteiger partial charge on any atom is -0.379 e. The van der Waals surface area contributed by atoms with Crippen LogP contribution in [0, 0.1) is 0 Å². The first-order valence-electron chi connectivity index (χ1n) is 9.27. The van der Waals surface area contributed by atoms with Crippen LogP contribution in [0.1, 0.15) is 28.2 Å². The van der Waals surface area contributed by atoms with Crippen LogP contribution in [-0.4, -0.2) is 54.7 Å². The van der Waals surface area contributed by atoms with Gasteiger partial charge in [0, 0.05) is 25.6 Å². The molecule has 2 aliphatic rings. The normalized spacial score (nSPS) is 24.7. The molecule has 0 aliphatic carbocycles. The Morgan fingerprint density at radius 3 is 2.54 bits per heavy atom. The number of hydrogen-bond donors (Lipinski definition) is 0. The predicted octanol–water partition coefficient (Wildman–Crippen LogP) is 3.70. The molecule has 2 aliphatic heterocycles. The van der Waals surface area contributed by atoms with Crippen LogP contribution in [0.25, 0.3) is 10.2 Å². The number of para-hydroxylation sites is 1. The van der Waals surface area contributed by atoms with Gasteiger partial charge in [0.05, 0.1) is 29.6 Å². The zero-order valence-electron chi connectivity index (χ0n) is 15.0. The number of morpholine rings is 1. The van der Waals surface area contributed by atoms with Crippen molar-refractivity contribution in [3.63, 3.8) is 0 Å². The van der Waals surface area contributed by atoms with Gasteiger partial charge in [0.25, 0.3) is 0 Å². The summed E-state index contributed by atoms with van der Waals surface area (Å²) in [5.74, 6) is 0.339. The highest BCUT2D eigenvalue weighted by Gasteiger charge is 2.36. The molecule has 0 bridgehead atoms. The van der Waals surface area contributed by atoms with Crippen molar-refractivity contribution in [2.45, 2.75) is 12.1 Å². The highest BCUT2D eigenvalue weighted by molar-refractivity contribution is 7.18. The Morgan fingerprint density at radius 1 is 1.00 bits per heavy atom. The third-order valence-electron chi connectivity index (χ3n) is 5.54. The van der Waals surface area contributed by atoms with E-state index in [2.05, 4.69) is 65.4 Å². The molecule has 0 spiro atoms. The first-order chi connectivity index (χ1) is 12.8. The molecular formula is C21H23N3OS. The van der Waals surface area contributed by atoms with Gasteiger partial charge >= 0.3 is 0 Å². The number of nitrogens with zero attached hydrogens (tertiary/aromatic N) is 3. The largest absolute Gasteiger partial charge is 0.379 e. The molecule has 1 aromatic heterocycles. The Hall–Kier alpha value is -1.79. The number of fused-ring (bicyclic) bond motifs is 2. The smallest absolute Gasteiger partial charge is 0.103 e. The standard InChI is InChI=1S/C21H23N3OS/c1-23-14-17(20-22-18-8-4-5-9-19(18)26-20)15-6-2-3-7-16(15)21(23)24-10-12-25-13-11-24/h2-9,17,21H,10-14H2,1H3. The fourth-order valence-corrected chi connectivity index (χ4v) is 5.41. The van der Waals surface area contributed by atoms with Gasteiger partial charge in [-0.05, 0) is 30.3 Å². The first kappa shape index (κ1) is 16.4. The molecule has 3 heterocycles. The van der Waals surface area contributed by atoms with Crippen LogP contribution in [0.3, 0.4) is 0 Å². The summed E-state index contributed by atoms with van der Waals surface area (Å²) in [5.41, 5.74) is 3.97. The van der Waals surface area contributed by atoms with E-state index in [1.165, 1.54) is 20.8 Å². The van der Waals surface area contributed by atoms with Crippen molar-refractivity contribution in [1.29, 1.82) is 0 Å². The Labute approximate surface area is 158 Å². The van der Waals surface area contributed by atoms with E-state index in [4.69, 9.17) is 9.72 Å². The second kappa shape index (κ2) is 6.74. The molecule has 26 heavy (non-hydrogen) atoms. The molecule has 1 saturated heterocycles. The average molecular weight is 366 g/mol. The second-order valence-electron chi connectivity index (χ2n) is 7.16. The zero-order valence-corrected chi connectivity index (χ0v) is 15.8. The van der Waals surface area contributed by atoms with Crippen LogP contribution in [0.15, 0.2) is 48.5 Å². The van der Waals surface area contributed by atoms with E-state index in [1.807, 2.05) is 11.3 Å². The number of rotatable bonds is 2. The molecule has 5 heteroatoms. The number of hydrogen-bond acceptors (Lipinski definition) is 5. The van der Waals surface area contributed by atoms with Crippen LogP contribution >= 0.6 is 11.3 Å². The maximum absolute atomic E-state index is 5.57. The summed E-state index contributed by atoms with van der Waals surface area (Å²) in [7, 11) is 2.25. The van der Waals surface area contributed by atoms with Gasteiger partial charge in [0.1, 0.15) is 5.01 Å². The summed E-state index contributed by atoms with van der Waals surface area (Å²) in [6, 6.07) is 17.4. The van der Waals surface area contributed by atoms with E-state index in [9.17, 15) is 0 Å². The lowest BCUT2D eigenvalue weighted by Gasteiger charge is -2.45. The second-order valence-corrected chi connectivity index (χ2v) is 8.23. The minimum absolute atomic E-state index is 0.334. The number of aromatic nitrogens is 1. The fourth-order valence-electron chi connectivity index (χ4n) is 4.33. The highest BCUT2D eigenvalue weighted by Crippen LogP contribution is 2.42. The lowest BCUT2D eigenvalue weighted by Crippen LogP contribution is -2.49. The van der Waals surface area contributed by atoms with E-state index in [0.29, 0.717) is 12.1 Å². The molecule has 0 N–H and O–H groups in total. The summed E-state index contributed by atoms with van der Waals surface area (Å²) in [5, 5.41) is 1.23. The molecule has 0 radical (unpaired) electrons. The van der Waals surface area contributed by atoms with Crippen LogP contribution < -0.4 is 0 Å². The first-order valence-corrected chi connectivity index (χ1v) is 10.1. The summed E-state index contributed by atoms with van der Waals surface area (Å²) in [4.78, 5) is 10.0. The molecule has 0 saturated carbocycles. The van der Waals surface area contributed by atoms with Gasteiger partial charge in [-0.1, -0.05) is 36.4 Å². The zero-order chi connectivity index (χ0) is 17.5. The van der Waals surface area contributed by atoms with Crippen molar-refractivity contribution >= 4 is 21.6 Å². The molecule has 2 aromatic carbocycles. The molecule has 0 amide bonds. The average Bonchev–Trinajstić information content (AvgIpc) is 3.12. The maximum Gasteiger partial charge on any atom is 0.103 e. The van der Waals surface area contributed by atoms with Crippen LogP contribution in [0.4, 0.5) is 0 Å². The van der Waals surface area contributed by atoms with E-state index in [-0.39, 0.29) is 0 Å². The van der Waals surface area contributed by atoms with Crippen molar-refractivity contribution < 1.29 is 4.74 Å². The molecule has 2 unspecified atom stereocenters. The fraction of sp³-hybridized carbons (Fsp3) is 0.381. The van der Waals surface area contributed by atoms with E-state index in [1.54, 1.807) is 0 Å². The monoisotopic (exact) mass is 365 g/mol. The van der Waals surface area contributed by atoms with E-state index >= 15 is 0 Å². The topological polar surface area (TPSA) is 28.6 Å². The lowest BCUT2D eigenvalue weighted by atomic mass is 9.88. The Kier molecular flexibility index (Phi) is 4.25. The van der Waals surface area contributed by atoms with Crippen LogP contribution in [-0.2, 0) is 4.74 Å². The summed E-state index contributed by atoms with van der Waals surface area (Å²) in [6.45, 7) is 4.64. The maximum atomic E-state index is 5.57. The highest BCUT2D eigenvalue weighted by atomic mass is 32.1. The van der Waals surface area contributed by atoms with Crippen LogP contribution in [0.2, 0.25) is 0 Å².